The minimum atomic E-state index is -0.0571. The molecule has 3 heterocycles. The molecule has 0 spiro atoms. The fourth-order valence-corrected chi connectivity index (χ4v) is 3.46. The molecule has 0 bridgehead atoms. The number of aromatic nitrogens is 1. The van der Waals surface area contributed by atoms with Gasteiger partial charge in [-0.15, -0.1) is 0 Å². The summed E-state index contributed by atoms with van der Waals surface area (Å²) in [4.78, 5) is 31.2. The Labute approximate surface area is 144 Å². The monoisotopic (exact) mass is 348 g/mol. The van der Waals surface area contributed by atoms with Crippen molar-refractivity contribution in [3.05, 3.63) is 35.2 Å². The lowest BCUT2D eigenvalue weighted by molar-refractivity contribution is -0.126. The van der Waals surface area contributed by atoms with Crippen LogP contribution in [0, 0.1) is 5.92 Å². The molecule has 8 heteroatoms. The van der Waals surface area contributed by atoms with E-state index in [1.807, 2.05) is 6.07 Å². The second-order valence-electron chi connectivity index (χ2n) is 5.64. The van der Waals surface area contributed by atoms with Crippen molar-refractivity contribution in [1.29, 1.82) is 0 Å². The molecule has 0 radical (unpaired) electrons. The summed E-state index contributed by atoms with van der Waals surface area (Å²) < 4.78 is 5.20. The van der Waals surface area contributed by atoms with Gasteiger partial charge in [-0.1, -0.05) is 11.3 Å². The number of carbonyl (C=O) groups is 2. The number of thiazole rings is 1. The van der Waals surface area contributed by atoms with E-state index >= 15 is 0 Å². The van der Waals surface area contributed by atoms with Gasteiger partial charge in [-0.3, -0.25) is 9.59 Å². The Morgan fingerprint density at radius 2 is 2.21 bits per heavy atom. The van der Waals surface area contributed by atoms with Crippen molar-refractivity contribution >= 4 is 28.3 Å². The SMILES string of the molecule is CNc1ncc(C(=O)N2CCC(C(=O)NCc3ccco3)CC2)s1. The molecule has 128 valence electrons. The Bertz CT molecular complexity index is 690. The third kappa shape index (κ3) is 3.76. The minimum Gasteiger partial charge on any atom is -0.467 e. The number of likely N-dealkylation sites (tertiary alicyclic amines) is 1. The quantitative estimate of drug-likeness (QED) is 0.862. The standard InChI is InChI=1S/C16H20N4O3S/c1-17-16-19-10-13(24-16)15(22)20-6-4-11(5-7-20)14(21)18-9-12-3-2-8-23-12/h2-3,8,10-11H,4-7,9H2,1H3,(H,17,19)(H,18,21). The van der Waals surface area contributed by atoms with Gasteiger partial charge in [0, 0.05) is 26.1 Å². The maximum absolute atomic E-state index is 12.4. The van der Waals surface area contributed by atoms with Crippen LogP contribution in [0.4, 0.5) is 5.13 Å². The number of hydrogen-bond donors (Lipinski definition) is 2. The maximum Gasteiger partial charge on any atom is 0.265 e. The van der Waals surface area contributed by atoms with E-state index in [1.54, 1.807) is 30.5 Å². The molecule has 1 saturated heterocycles. The van der Waals surface area contributed by atoms with Crippen LogP contribution in [0.25, 0.3) is 0 Å². The van der Waals surface area contributed by atoms with Gasteiger partial charge in [0.25, 0.3) is 5.91 Å². The van der Waals surface area contributed by atoms with Crippen LogP contribution in [0.15, 0.2) is 29.0 Å². The van der Waals surface area contributed by atoms with Crippen LogP contribution in [0.5, 0.6) is 0 Å². The average molecular weight is 348 g/mol. The number of amides is 2. The summed E-state index contributed by atoms with van der Waals surface area (Å²) in [6.07, 6.45) is 4.53. The first-order chi connectivity index (χ1) is 11.7. The molecule has 1 aliphatic heterocycles. The Morgan fingerprint density at radius 1 is 1.42 bits per heavy atom. The summed E-state index contributed by atoms with van der Waals surface area (Å²) in [6.45, 7) is 1.58. The number of piperidine rings is 1. The van der Waals surface area contributed by atoms with E-state index in [2.05, 4.69) is 15.6 Å². The van der Waals surface area contributed by atoms with Crippen LogP contribution in [0.1, 0.15) is 28.3 Å². The first-order valence-corrected chi connectivity index (χ1v) is 8.72. The highest BCUT2D eigenvalue weighted by Gasteiger charge is 2.28. The first kappa shape index (κ1) is 16.5. The van der Waals surface area contributed by atoms with E-state index in [0.717, 1.165) is 10.9 Å². The fourth-order valence-electron chi connectivity index (χ4n) is 2.72. The highest BCUT2D eigenvalue weighted by atomic mass is 32.1. The highest BCUT2D eigenvalue weighted by molar-refractivity contribution is 7.17. The summed E-state index contributed by atoms with van der Waals surface area (Å²) in [5.41, 5.74) is 0. The Morgan fingerprint density at radius 3 is 2.83 bits per heavy atom. The summed E-state index contributed by atoms with van der Waals surface area (Å²) in [6, 6.07) is 3.63. The molecule has 1 aliphatic rings. The van der Waals surface area contributed by atoms with Gasteiger partial charge in [-0.05, 0) is 25.0 Å². The van der Waals surface area contributed by atoms with Gasteiger partial charge in [-0.2, -0.15) is 0 Å². The largest absolute Gasteiger partial charge is 0.467 e. The second-order valence-corrected chi connectivity index (χ2v) is 6.67. The Kier molecular flexibility index (Phi) is 5.14. The van der Waals surface area contributed by atoms with Crippen LogP contribution in [0.2, 0.25) is 0 Å². The maximum atomic E-state index is 12.4. The second kappa shape index (κ2) is 7.48. The van der Waals surface area contributed by atoms with Crippen molar-refractivity contribution in [2.45, 2.75) is 19.4 Å². The van der Waals surface area contributed by atoms with Gasteiger partial charge in [0.15, 0.2) is 5.13 Å². The number of anilines is 1. The first-order valence-electron chi connectivity index (χ1n) is 7.90. The number of nitrogens with zero attached hydrogens (tertiary/aromatic N) is 2. The zero-order valence-electron chi connectivity index (χ0n) is 13.4. The molecule has 2 aromatic heterocycles. The van der Waals surface area contributed by atoms with E-state index in [-0.39, 0.29) is 17.7 Å². The average Bonchev–Trinajstić information content (AvgIpc) is 3.30. The number of rotatable bonds is 5. The van der Waals surface area contributed by atoms with Crippen molar-refractivity contribution in [2.75, 3.05) is 25.5 Å². The summed E-state index contributed by atoms with van der Waals surface area (Å²) in [5.74, 6) is 0.692. The molecule has 1 fully saturated rings. The molecule has 7 nitrogen and oxygen atoms in total. The van der Waals surface area contributed by atoms with Gasteiger partial charge in [-0.25, -0.2) is 4.98 Å². The van der Waals surface area contributed by atoms with Crippen molar-refractivity contribution in [1.82, 2.24) is 15.2 Å². The molecular formula is C16H20N4O3S. The van der Waals surface area contributed by atoms with E-state index in [0.29, 0.717) is 37.4 Å². The summed E-state index contributed by atoms with van der Waals surface area (Å²) in [5, 5.41) is 6.55. The van der Waals surface area contributed by atoms with E-state index in [1.165, 1.54) is 11.3 Å². The lowest BCUT2D eigenvalue weighted by atomic mass is 9.96. The van der Waals surface area contributed by atoms with Gasteiger partial charge in [0.2, 0.25) is 5.91 Å². The van der Waals surface area contributed by atoms with Gasteiger partial charge in [0.1, 0.15) is 10.6 Å². The molecule has 3 rings (SSSR count). The number of furan rings is 1. The van der Waals surface area contributed by atoms with Crippen molar-refractivity contribution in [2.24, 2.45) is 5.92 Å². The molecule has 0 atom stereocenters. The molecule has 2 amide bonds. The van der Waals surface area contributed by atoms with Crippen molar-refractivity contribution in [3.8, 4) is 0 Å². The number of nitrogens with one attached hydrogen (secondary N) is 2. The highest BCUT2D eigenvalue weighted by Crippen LogP contribution is 2.23. The molecular weight excluding hydrogens is 328 g/mol. The fraction of sp³-hybridized carbons (Fsp3) is 0.438. The number of hydrogen-bond acceptors (Lipinski definition) is 6. The smallest absolute Gasteiger partial charge is 0.265 e. The van der Waals surface area contributed by atoms with E-state index < -0.39 is 0 Å². The van der Waals surface area contributed by atoms with Crippen molar-refractivity contribution < 1.29 is 14.0 Å². The van der Waals surface area contributed by atoms with Crippen LogP contribution in [-0.4, -0.2) is 41.8 Å². The normalized spacial score (nSPS) is 15.3. The zero-order valence-corrected chi connectivity index (χ0v) is 14.3. The zero-order chi connectivity index (χ0) is 16.9. The third-order valence-corrected chi connectivity index (χ3v) is 5.10. The lowest BCUT2D eigenvalue weighted by Crippen LogP contribution is -2.42. The van der Waals surface area contributed by atoms with Gasteiger partial charge < -0.3 is 20.0 Å². The predicted molar refractivity (Wildman–Crippen MR) is 90.8 cm³/mol. The van der Waals surface area contributed by atoms with Crippen molar-refractivity contribution in [3.63, 3.8) is 0 Å². The van der Waals surface area contributed by atoms with E-state index in [4.69, 9.17) is 4.42 Å². The third-order valence-electron chi connectivity index (χ3n) is 4.10. The van der Waals surface area contributed by atoms with E-state index in [9.17, 15) is 9.59 Å². The topological polar surface area (TPSA) is 87.5 Å². The van der Waals surface area contributed by atoms with Crippen LogP contribution < -0.4 is 10.6 Å². The molecule has 24 heavy (non-hydrogen) atoms. The van der Waals surface area contributed by atoms with Crippen LogP contribution in [-0.2, 0) is 11.3 Å². The molecule has 0 saturated carbocycles. The summed E-state index contributed by atoms with van der Waals surface area (Å²) in [7, 11) is 1.78. The Balaban J connectivity index is 1.48. The molecule has 0 aromatic carbocycles. The lowest BCUT2D eigenvalue weighted by Gasteiger charge is -2.30. The minimum absolute atomic E-state index is 0.0107. The molecule has 2 N–H and O–H groups in total. The molecule has 0 aliphatic carbocycles. The Hall–Kier alpha value is -2.35. The predicted octanol–water partition coefficient (Wildman–Crippen LogP) is 1.95. The summed E-state index contributed by atoms with van der Waals surface area (Å²) >= 11 is 1.35. The van der Waals surface area contributed by atoms with Gasteiger partial charge >= 0.3 is 0 Å². The van der Waals surface area contributed by atoms with Gasteiger partial charge in [0.05, 0.1) is 19.0 Å². The van der Waals surface area contributed by atoms with Crippen LogP contribution >= 0.6 is 11.3 Å². The molecule has 0 unspecified atom stereocenters. The molecule has 2 aromatic rings. The number of carbonyl (C=O) groups excluding carboxylic acids is 2. The van der Waals surface area contributed by atoms with Crippen LogP contribution in [0.3, 0.4) is 0 Å².